The monoisotopic (exact) mass is 334 g/mol. The van der Waals surface area contributed by atoms with E-state index < -0.39 is 6.10 Å². The van der Waals surface area contributed by atoms with Crippen LogP contribution in [-0.2, 0) is 11.3 Å². The van der Waals surface area contributed by atoms with Gasteiger partial charge in [-0.25, -0.2) is 0 Å². The van der Waals surface area contributed by atoms with Crippen molar-refractivity contribution in [1.82, 2.24) is 9.47 Å². The quantitative estimate of drug-likeness (QED) is 0.875. The number of hydrogen-bond acceptors (Lipinski definition) is 4. The number of aryl methyl sites for hydroxylation is 1. The molecule has 2 fully saturated rings. The summed E-state index contributed by atoms with van der Waals surface area (Å²) < 4.78 is 1.38. The predicted octanol–water partition coefficient (Wildman–Crippen LogP) is 1.40. The number of aliphatic hydroxyl groups is 1. The van der Waals surface area contributed by atoms with Crippen molar-refractivity contribution in [3.05, 3.63) is 28.2 Å². The van der Waals surface area contributed by atoms with E-state index in [9.17, 15) is 19.8 Å². The van der Waals surface area contributed by atoms with Crippen LogP contribution in [-0.4, -0.2) is 44.3 Å². The molecule has 2 atom stereocenters. The number of amides is 1. The van der Waals surface area contributed by atoms with E-state index in [1.54, 1.807) is 11.8 Å². The Hall–Kier alpha value is -1.82. The van der Waals surface area contributed by atoms with Crippen LogP contribution in [0.2, 0.25) is 0 Å². The minimum atomic E-state index is -0.474. The van der Waals surface area contributed by atoms with Crippen molar-refractivity contribution in [2.45, 2.75) is 64.1 Å². The first-order valence-corrected chi connectivity index (χ1v) is 8.83. The summed E-state index contributed by atoms with van der Waals surface area (Å²) in [7, 11) is 0. The van der Waals surface area contributed by atoms with Crippen molar-refractivity contribution in [2.24, 2.45) is 5.92 Å². The summed E-state index contributed by atoms with van der Waals surface area (Å²) in [6.07, 6.45) is 6.02. The molecule has 2 heterocycles. The molecule has 1 aliphatic carbocycles. The van der Waals surface area contributed by atoms with Crippen LogP contribution in [0.5, 0.6) is 5.75 Å². The van der Waals surface area contributed by atoms with E-state index in [0.29, 0.717) is 24.6 Å². The average Bonchev–Trinajstić information content (AvgIpc) is 2.93. The van der Waals surface area contributed by atoms with Crippen LogP contribution in [0, 0.1) is 12.8 Å². The number of hydrogen-bond donors (Lipinski definition) is 2. The van der Waals surface area contributed by atoms with E-state index in [4.69, 9.17) is 0 Å². The first-order valence-electron chi connectivity index (χ1n) is 8.83. The number of aliphatic hydroxyl groups excluding tert-OH is 1. The summed E-state index contributed by atoms with van der Waals surface area (Å²) in [6, 6.07) is 2.69. The third-order valence-corrected chi connectivity index (χ3v) is 5.45. The molecule has 0 bridgehead atoms. The molecule has 132 valence electrons. The molecule has 0 spiro atoms. The number of likely N-dealkylation sites (tertiary alicyclic amines) is 1. The average molecular weight is 334 g/mol. The molecule has 2 aliphatic rings. The molecule has 2 N–H and O–H groups in total. The van der Waals surface area contributed by atoms with Crippen molar-refractivity contribution in [3.63, 3.8) is 0 Å². The molecule has 0 radical (unpaired) electrons. The number of nitrogens with zero attached hydrogens (tertiary/aromatic N) is 2. The second kappa shape index (κ2) is 6.97. The molecule has 6 heteroatoms. The summed E-state index contributed by atoms with van der Waals surface area (Å²) in [5.41, 5.74) is 0.178. The standard InChI is InChI=1S/C18H26N2O4/c1-12-7-14(21)9-17(23)19(12)11-18(24)20-10-15(22)8-16(20)13-5-3-2-4-6-13/h7,9,13,15-16,21-22H,2-6,8,10-11H2,1H3. The summed E-state index contributed by atoms with van der Waals surface area (Å²) in [5.74, 6) is 0.244. The Kier molecular flexibility index (Phi) is 4.94. The smallest absolute Gasteiger partial charge is 0.254 e. The summed E-state index contributed by atoms with van der Waals surface area (Å²) in [5, 5.41) is 19.5. The Morgan fingerprint density at radius 1 is 1.25 bits per heavy atom. The minimum Gasteiger partial charge on any atom is -0.508 e. The van der Waals surface area contributed by atoms with Crippen LogP contribution >= 0.6 is 0 Å². The van der Waals surface area contributed by atoms with Gasteiger partial charge in [-0.15, -0.1) is 0 Å². The highest BCUT2D eigenvalue weighted by atomic mass is 16.3. The summed E-state index contributed by atoms with van der Waals surface area (Å²) in [4.78, 5) is 26.6. The molecule has 1 saturated heterocycles. The third kappa shape index (κ3) is 3.48. The van der Waals surface area contributed by atoms with Crippen molar-refractivity contribution < 1.29 is 15.0 Å². The van der Waals surface area contributed by atoms with Gasteiger partial charge in [-0.05, 0) is 38.2 Å². The van der Waals surface area contributed by atoms with Gasteiger partial charge in [0.05, 0.1) is 6.10 Å². The lowest BCUT2D eigenvalue weighted by Gasteiger charge is -2.34. The van der Waals surface area contributed by atoms with Gasteiger partial charge in [-0.2, -0.15) is 0 Å². The number of β-amino-alcohol motifs (C(OH)–C–C–N with tert-alkyl or cyclic N) is 1. The minimum absolute atomic E-state index is 0.0408. The zero-order valence-corrected chi connectivity index (χ0v) is 14.1. The number of carbonyl (C=O) groups is 1. The van der Waals surface area contributed by atoms with Gasteiger partial charge in [0.1, 0.15) is 12.3 Å². The van der Waals surface area contributed by atoms with Crippen LogP contribution < -0.4 is 5.56 Å². The third-order valence-electron chi connectivity index (χ3n) is 5.45. The lowest BCUT2D eigenvalue weighted by atomic mass is 9.82. The zero-order chi connectivity index (χ0) is 17.3. The number of carbonyl (C=O) groups excluding carboxylic acids is 1. The maximum atomic E-state index is 12.8. The van der Waals surface area contributed by atoms with E-state index in [2.05, 4.69) is 0 Å². The number of pyridine rings is 1. The predicted molar refractivity (Wildman–Crippen MR) is 89.8 cm³/mol. The highest BCUT2D eigenvalue weighted by Crippen LogP contribution is 2.34. The van der Waals surface area contributed by atoms with Crippen molar-refractivity contribution in [1.29, 1.82) is 0 Å². The fourth-order valence-corrected chi connectivity index (χ4v) is 4.24. The number of aromatic nitrogens is 1. The lowest BCUT2D eigenvalue weighted by molar-refractivity contribution is -0.134. The normalized spacial score (nSPS) is 25.2. The van der Waals surface area contributed by atoms with E-state index >= 15 is 0 Å². The van der Waals surface area contributed by atoms with Gasteiger partial charge in [0.2, 0.25) is 5.91 Å². The molecule has 1 aromatic rings. The van der Waals surface area contributed by atoms with Gasteiger partial charge >= 0.3 is 0 Å². The van der Waals surface area contributed by atoms with Crippen LogP contribution in [0.3, 0.4) is 0 Å². The maximum Gasteiger partial charge on any atom is 0.254 e. The van der Waals surface area contributed by atoms with Gasteiger partial charge < -0.3 is 19.7 Å². The summed E-state index contributed by atoms with van der Waals surface area (Å²) in [6.45, 7) is 2.01. The molecule has 1 aliphatic heterocycles. The Morgan fingerprint density at radius 3 is 2.62 bits per heavy atom. The number of aromatic hydroxyl groups is 1. The highest BCUT2D eigenvalue weighted by molar-refractivity contribution is 5.77. The van der Waals surface area contributed by atoms with E-state index in [-0.39, 0.29) is 29.8 Å². The second-order valence-corrected chi connectivity index (χ2v) is 7.18. The van der Waals surface area contributed by atoms with Crippen LogP contribution in [0.25, 0.3) is 0 Å². The molecule has 24 heavy (non-hydrogen) atoms. The lowest BCUT2D eigenvalue weighted by Crippen LogP contribution is -2.43. The molecule has 3 rings (SSSR count). The van der Waals surface area contributed by atoms with Gasteiger partial charge in [-0.1, -0.05) is 19.3 Å². The van der Waals surface area contributed by atoms with Crippen LogP contribution in [0.15, 0.2) is 16.9 Å². The molecular weight excluding hydrogens is 308 g/mol. The van der Waals surface area contributed by atoms with Crippen molar-refractivity contribution in [2.75, 3.05) is 6.54 Å². The molecule has 1 saturated carbocycles. The van der Waals surface area contributed by atoms with Gasteiger partial charge in [-0.3, -0.25) is 9.59 Å². The van der Waals surface area contributed by atoms with E-state index in [0.717, 1.165) is 18.9 Å². The Balaban J connectivity index is 1.77. The summed E-state index contributed by atoms with van der Waals surface area (Å²) >= 11 is 0. The van der Waals surface area contributed by atoms with Gasteiger partial charge in [0, 0.05) is 24.3 Å². The van der Waals surface area contributed by atoms with Crippen molar-refractivity contribution in [3.8, 4) is 5.75 Å². The van der Waals surface area contributed by atoms with Gasteiger partial charge in [0.15, 0.2) is 0 Å². The molecular formula is C18H26N2O4. The zero-order valence-electron chi connectivity index (χ0n) is 14.1. The second-order valence-electron chi connectivity index (χ2n) is 7.18. The SMILES string of the molecule is Cc1cc(O)cc(=O)n1CC(=O)N1CC(O)CC1C1CCCCC1. The van der Waals surface area contributed by atoms with Crippen LogP contribution in [0.1, 0.15) is 44.2 Å². The highest BCUT2D eigenvalue weighted by Gasteiger charge is 2.39. The van der Waals surface area contributed by atoms with Crippen molar-refractivity contribution >= 4 is 5.91 Å². The number of rotatable bonds is 3. The van der Waals surface area contributed by atoms with Gasteiger partial charge in [0.25, 0.3) is 5.56 Å². The topological polar surface area (TPSA) is 82.8 Å². The maximum absolute atomic E-state index is 12.8. The Labute approximate surface area is 141 Å². The first kappa shape index (κ1) is 17.0. The molecule has 1 aromatic heterocycles. The molecule has 0 aromatic carbocycles. The van der Waals surface area contributed by atoms with E-state index in [1.165, 1.54) is 29.9 Å². The molecule has 2 unspecified atom stereocenters. The fourth-order valence-electron chi connectivity index (χ4n) is 4.24. The Morgan fingerprint density at radius 2 is 1.96 bits per heavy atom. The van der Waals surface area contributed by atoms with Crippen LogP contribution in [0.4, 0.5) is 0 Å². The molecule has 6 nitrogen and oxygen atoms in total. The Bertz CT molecular complexity index is 663. The fraction of sp³-hybridized carbons (Fsp3) is 0.667. The molecule has 1 amide bonds. The van der Waals surface area contributed by atoms with E-state index in [1.807, 2.05) is 0 Å². The first-order chi connectivity index (χ1) is 11.5. The largest absolute Gasteiger partial charge is 0.508 e.